The smallest absolute Gasteiger partial charge is 0.236 e. The number of piperidine rings is 1. The zero-order valence-electron chi connectivity index (χ0n) is 17.4. The zero-order chi connectivity index (χ0) is 18.7. The lowest BCUT2D eigenvalue weighted by molar-refractivity contribution is -0.130. The highest BCUT2D eigenvalue weighted by atomic mass is 127. The quantitative estimate of drug-likeness (QED) is 0.230. The van der Waals surface area contributed by atoms with E-state index < -0.39 is 0 Å². The molecule has 1 aliphatic rings. The Morgan fingerprint density at radius 2 is 1.88 bits per heavy atom. The third-order valence-corrected chi connectivity index (χ3v) is 4.59. The third kappa shape index (κ3) is 11.2. The number of guanidine groups is 1. The second-order valence-corrected chi connectivity index (χ2v) is 7.63. The van der Waals surface area contributed by atoms with Gasteiger partial charge < -0.3 is 15.5 Å². The van der Waals surface area contributed by atoms with E-state index in [1.165, 1.54) is 12.8 Å². The van der Waals surface area contributed by atoms with Crippen molar-refractivity contribution in [3.8, 4) is 0 Å². The molecule has 1 aliphatic heterocycles. The van der Waals surface area contributed by atoms with Gasteiger partial charge in [0.25, 0.3) is 0 Å². The van der Waals surface area contributed by atoms with Crippen LogP contribution in [0.2, 0.25) is 0 Å². The highest BCUT2D eigenvalue weighted by molar-refractivity contribution is 14.0. The van der Waals surface area contributed by atoms with Crippen LogP contribution in [-0.4, -0.2) is 74.5 Å². The number of nitrogens with one attached hydrogen (secondary N) is 2. The van der Waals surface area contributed by atoms with Crippen LogP contribution < -0.4 is 10.6 Å². The molecule has 1 amide bonds. The van der Waals surface area contributed by atoms with Gasteiger partial charge in [0.15, 0.2) is 5.96 Å². The lowest BCUT2D eigenvalue weighted by Gasteiger charge is -2.33. The monoisotopic (exact) mass is 481 g/mol. The maximum absolute atomic E-state index is 11.8. The molecule has 1 heterocycles. The number of likely N-dealkylation sites (tertiary alicyclic amines) is 1. The number of carbonyl (C=O) groups excluding carboxylic acids is 1. The first kappa shape index (κ1) is 25.4. The lowest BCUT2D eigenvalue weighted by atomic mass is 10.1. The first-order valence-electron chi connectivity index (χ1n) is 9.89. The highest BCUT2D eigenvalue weighted by Crippen LogP contribution is 2.10. The van der Waals surface area contributed by atoms with E-state index in [9.17, 15) is 4.79 Å². The van der Waals surface area contributed by atoms with Crippen LogP contribution in [0.1, 0.15) is 52.9 Å². The van der Waals surface area contributed by atoms with Crippen LogP contribution >= 0.6 is 24.0 Å². The molecule has 0 unspecified atom stereocenters. The zero-order valence-corrected chi connectivity index (χ0v) is 19.7. The van der Waals surface area contributed by atoms with Gasteiger partial charge in [-0.1, -0.05) is 26.7 Å². The maximum atomic E-state index is 11.8. The van der Waals surface area contributed by atoms with E-state index in [2.05, 4.69) is 36.3 Å². The first-order chi connectivity index (χ1) is 11.9. The van der Waals surface area contributed by atoms with Gasteiger partial charge in [-0.15, -0.1) is 24.0 Å². The number of hydrogen-bond acceptors (Lipinski definition) is 3. The molecular weight excluding hydrogens is 441 g/mol. The first-order valence-corrected chi connectivity index (χ1v) is 9.89. The molecule has 154 valence electrons. The number of likely N-dealkylation sites (N-methyl/N-ethyl adjacent to an activating group) is 1. The molecular formula is C19H40IN5O. The van der Waals surface area contributed by atoms with Crippen molar-refractivity contribution < 1.29 is 4.79 Å². The van der Waals surface area contributed by atoms with Crippen molar-refractivity contribution in [2.75, 3.05) is 46.8 Å². The molecule has 7 heteroatoms. The fourth-order valence-electron chi connectivity index (χ4n) is 2.94. The van der Waals surface area contributed by atoms with Gasteiger partial charge in [0.1, 0.15) is 0 Å². The summed E-state index contributed by atoms with van der Waals surface area (Å²) in [5.74, 6) is 1.90. The molecule has 1 rings (SSSR count). The van der Waals surface area contributed by atoms with Crippen LogP contribution in [0.25, 0.3) is 0 Å². The van der Waals surface area contributed by atoms with Gasteiger partial charge in [-0.3, -0.25) is 14.7 Å². The van der Waals surface area contributed by atoms with E-state index in [0.717, 1.165) is 57.3 Å². The summed E-state index contributed by atoms with van der Waals surface area (Å²) in [6.07, 6.45) is 5.79. The third-order valence-electron chi connectivity index (χ3n) is 4.59. The average Bonchev–Trinajstić information content (AvgIpc) is 2.56. The molecule has 6 nitrogen and oxygen atoms in total. The summed E-state index contributed by atoms with van der Waals surface area (Å²) < 4.78 is 0. The SMILES string of the molecule is CCNC(=NCCCCC(C)C)NC1CCN(CC(=O)N(C)C)CC1.I. The number of carbonyl (C=O) groups is 1. The fraction of sp³-hybridized carbons (Fsp3) is 0.895. The van der Waals surface area contributed by atoms with Gasteiger partial charge in [-0.25, -0.2) is 0 Å². The summed E-state index contributed by atoms with van der Waals surface area (Å²) in [4.78, 5) is 20.4. The Hall–Kier alpha value is -0.570. The topological polar surface area (TPSA) is 60.0 Å². The van der Waals surface area contributed by atoms with Crippen molar-refractivity contribution >= 4 is 35.8 Å². The molecule has 0 saturated carbocycles. The van der Waals surface area contributed by atoms with E-state index in [1.54, 1.807) is 4.90 Å². The summed E-state index contributed by atoms with van der Waals surface area (Å²) in [6, 6.07) is 0.444. The minimum Gasteiger partial charge on any atom is -0.357 e. The van der Waals surface area contributed by atoms with Crippen LogP contribution in [0, 0.1) is 5.92 Å². The molecule has 1 saturated heterocycles. The Morgan fingerprint density at radius 3 is 2.42 bits per heavy atom. The standard InChI is InChI=1S/C19H39N5O.HI/c1-6-20-19(21-12-8-7-9-16(2)3)22-17-10-13-24(14-11-17)15-18(25)23(4)5;/h16-17H,6-15H2,1-5H3,(H2,20,21,22);1H. The second-order valence-electron chi connectivity index (χ2n) is 7.63. The van der Waals surface area contributed by atoms with Crippen molar-refractivity contribution in [2.24, 2.45) is 10.9 Å². The lowest BCUT2D eigenvalue weighted by Crippen LogP contribution is -2.50. The van der Waals surface area contributed by atoms with Crippen LogP contribution in [0.5, 0.6) is 0 Å². The minimum atomic E-state index is 0. The Bertz CT molecular complexity index is 407. The predicted molar refractivity (Wildman–Crippen MR) is 121 cm³/mol. The van der Waals surface area contributed by atoms with E-state index in [1.807, 2.05) is 14.1 Å². The molecule has 0 aromatic carbocycles. The molecule has 0 aromatic heterocycles. The summed E-state index contributed by atoms with van der Waals surface area (Å²) >= 11 is 0. The van der Waals surface area contributed by atoms with Crippen LogP contribution in [0.4, 0.5) is 0 Å². The van der Waals surface area contributed by atoms with Gasteiger partial charge in [0, 0.05) is 46.3 Å². The molecule has 0 aliphatic carbocycles. The molecule has 0 spiro atoms. The van der Waals surface area contributed by atoms with Crippen LogP contribution in [0.15, 0.2) is 4.99 Å². The van der Waals surface area contributed by atoms with E-state index in [0.29, 0.717) is 12.6 Å². The Balaban J connectivity index is 0.00000625. The molecule has 26 heavy (non-hydrogen) atoms. The summed E-state index contributed by atoms with van der Waals surface area (Å²) in [5, 5.41) is 6.92. The molecule has 0 atom stereocenters. The molecule has 2 N–H and O–H groups in total. The molecule has 0 aromatic rings. The van der Waals surface area contributed by atoms with Gasteiger partial charge in [-0.2, -0.15) is 0 Å². The van der Waals surface area contributed by atoms with Gasteiger partial charge in [-0.05, 0) is 32.1 Å². The Morgan fingerprint density at radius 1 is 1.23 bits per heavy atom. The summed E-state index contributed by atoms with van der Waals surface area (Å²) in [6.45, 7) is 10.9. The predicted octanol–water partition coefficient (Wildman–Crippen LogP) is 2.54. The normalized spacial score (nSPS) is 16.3. The minimum absolute atomic E-state index is 0. The Kier molecular flexibility index (Phi) is 14.2. The van der Waals surface area contributed by atoms with Gasteiger partial charge in [0.2, 0.25) is 5.91 Å². The number of nitrogens with zero attached hydrogens (tertiary/aromatic N) is 3. The van der Waals surface area contributed by atoms with Gasteiger partial charge >= 0.3 is 0 Å². The van der Waals surface area contributed by atoms with E-state index in [-0.39, 0.29) is 29.9 Å². The van der Waals surface area contributed by atoms with E-state index in [4.69, 9.17) is 4.99 Å². The van der Waals surface area contributed by atoms with Crippen molar-refractivity contribution in [2.45, 2.75) is 58.9 Å². The Labute approximate surface area is 177 Å². The van der Waals surface area contributed by atoms with Crippen LogP contribution in [0.3, 0.4) is 0 Å². The second kappa shape index (κ2) is 14.5. The molecule has 0 bridgehead atoms. The number of amides is 1. The van der Waals surface area contributed by atoms with E-state index >= 15 is 0 Å². The summed E-state index contributed by atoms with van der Waals surface area (Å²) in [5.41, 5.74) is 0. The fourth-order valence-corrected chi connectivity index (χ4v) is 2.94. The number of rotatable bonds is 9. The number of hydrogen-bond donors (Lipinski definition) is 2. The number of halogens is 1. The highest BCUT2D eigenvalue weighted by Gasteiger charge is 2.21. The average molecular weight is 481 g/mol. The maximum Gasteiger partial charge on any atom is 0.236 e. The number of aliphatic imine (C=N–C) groups is 1. The number of unbranched alkanes of at least 4 members (excludes halogenated alkanes) is 1. The summed E-state index contributed by atoms with van der Waals surface area (Å²) in [7, 11) is 3.63. The van der Waals surface area contributed by atoms with Gasteiger partial charge in [0.05, 0.1) is 6.54 Å². The molecule has 0 radical (unpaired) electrons. The van der Waals surface area contributed by atoms with Crippen LogP contribution in [-0.2, 0) is 4.79 Å². The largest absolute Gasteiger partial charge is 0.357 e. The molecule has 1 fully saturated rings. The van der Waals surface area contributed by atoms with Crippen molar-refractivity contribution in [1.82, 2.24) is 20.4 Å². The van der Waals surface area contributed by atoms with Crippen molar-refractivity contribution in [1.29, 1.82) is 0 Å². The van der Waals surface area contributed by atoms with Crippen molar-refractivity contribution in [3.63, 3.8) is 0 Å². The van der Waals surface area contributed by atoms with Crippen molar-refractivity contribution in [3.05, 3.63) is 0 Å².